The molecule has 7 nitrogen and oxygen atoms in total. The van der Waals surface area contributed by atoms with Crippen molar-refractivity contribution in [3.8, 4) is 22.9 Å². The van der Waals surface area contributed by atoms with E-state index in [1.165, 1.54) is 0 Å². The maximum absolute atomic E-state index is 10.2. The molecule has 2 unspecified atom stereocenters. The number of rotatable bonds is 6. The molecule has 1 aliphatic heterocycles. The number of aliphatic hydroxyl groups is 1. The van der Waals surface area contributed by atoms with Gasteiger partial charge in [-0.15, -0.1) is 0 Å². The van der Waals surface area contributed by atoms with Gasteiger partial charge >= 0.3 is 0 Å². The fraction of sp³-hybridized carbons (Fsp3) is 0.333. The molecular weight excluding hydrogens is 358 g/mol. The van der Waals surface area contributed by atoms with Crippen molar-refractivity contribution >= 4 is 0 Å². The van der Waals surface area contributed by atoms with Gasteiger partial charge in [0.1, 0.15) is 11.5 Å². The average molecular weight is 381 g/mol. The topological polar surface area (TPSA) is 80.9 Å². The number of nitrogens with zero attached hydrogens (tertiary/aromatic N) is 3. The zero-order chi connectivity index (χ0) is 19.5. The zero-order valence-electron chi connectivity index (χ0n) is 15.9. The molecule has 1 fully saturated rings. The van der Waals surface area contributed by atoms with E-state index in [1.807, 2.05) is 48.5 Å². The van der Waals surface area contributed by atoms with Crippen LogP contribution in [0.3, 0.4) is 0 Å². The van der Waals surface area contributed by atoms with Crippen molar-refractivity contribution < 1.29 is 19.1 Å². The summed E-state index contributed by atoms with van der Waals surface area (Å²) in [6, 6.07) is 15.3. The smallest absolute Gasteiger partial charge is 0.244 e. The number of hydrogen-bond donors (Lipinski definition) is 1. The summed E-state index contributed by atoms with van der Waals surface area (Å²) in [4.78, 5) is 6.74. The van der Waals surface area contributed by atoms with Crippen LogP contribution in [0, 0.1) is 0 Å². The molecule has 0 saturated carbocycles. The Hall–Kier alpha value is -2.90. The molecule has 2 aromatic carbocycles. The lowest BCUT2D eigenvalue weighted by Gasteiger charge is -2.21. The minimum Gasteiger partial charge on any atom is -0.497 e. The molecule has 0 bridgehead atoms. The van der Waals surface area contributed by atoms with Crippen LogP contribution in [-0.2, 0) is 6.54 Å². The summed E-state index contributed by atoms with van der Waals surface area (Å²) < 4.78 is 15.9. The highest BCUT2D eigenvalue weighted by atomic mass is 16.5. The normalized spacial score (nSPS) is 19.7. The Morgan fingerprint density at radius 2 is 1.68 bits per heavy atom. The van der Waals surface area contributed by atoms with Crippen LogP contribution in [0.1, 0.15) is 23.9 Å². The third-order valence-electron chi connectivity index (χ3n) is 5.00. The van der Waals surface area contributed by atoms with E-state index in [1.54, 1.807) is 14.2 Å². The lowest BCUT2D eigenvalue weighted by Crippen LogP contribution is -2.24. The summed E-state index contributed by atoms with van der Waals surface area (Å²) in [6.45, 7) is 1.25. The van der Waals surface area contributed by atoms with Gasteiger partial charge in [0.25, 0.3) is 0 Å². The second-order valence-corrected chi connectivity index (χ2v) is 6.87. The third-order valence-corrected chi connectivity index (χ3v) is 5.00. The van der Waals surface area contributed by atoms with E-state index >= 15 is 0 Å². The van der Waals surface area contributed by atoms with E-state index in [9.17, 15) is 5.11 Å². The quantitative estimate of drug-likeness (QED) is 0.703. The number of aliphatic hydroxyl groups excluding tert-OH is 1. The Kier molecular flexibility index (Phi) is 5.27. The molecule has 146 valence electrons. The fourth-order valence-electron chi connectivity index (χ4n) is 3.50. The first-order valence-electron chi connectivity index (χ1n) is 9.19. The average Bonchev–Trinajstić information content (AvgIpc) is 3.35. The SMILES string of the molecule is COc1ccc(CN2CC(O)CC2c2nc(-c3ccc(OC)cc3)no2)cc1. The lowest BCUT2D eigenvalue weighted by molar-refractivity contribution is 0.169. The van der Waals surface area contributed by atoms with Crippen LogP contribution in [0.15, 0.2) is 53.1 Å². The number of ether oxygens (including phenoxy) is 2. The van der Waals surface area contributed by atoms with Crippen molar-refractivity contribution in [2.24, 2.45) is 0 Å². The van der Waals surface area contributed by atoms with Gasteiger partial charge in [0.2, 0.25) is 11.7 Å². The maximum atomic E-state index is 10.2. The molecule has 3 aromatic rings. The Morgan fingerprint density at radius 1 is 1.04 bits per heavy atom. The molecule has 1 aliphatic rings. The Morgan fingerprint density at radius 3 is 2.32 bits per heavy atom. The largest absolute Gasteiger partial charge is 0.497 e. The standard InChI is InChI=1S/C21H23N3O4/c1-26-17-7-3-14(4-8-17)12-24-13-16(25)11-19(24)21-22-20(23-28-21)15-5-9-18(27-2)10-6-15/h3-10,16,19,25H,11-13H2,1-2H3. The summed E-state index contributed by atoms with van der Waals surface area (Å²) in [7, 11) is 3.28. The van der Waals surface area contributed by atoms with Crippen molar-refractivity contribution in [3.63, 3.8) is 0 Å². The van der Waals surface area contributed by atoms with Crippen molar-refractivity contribution in [1.29, 1.82) is 0 Å². The number of β-amino-alcohol motifs (C(OH)–C–C–N with tert-alkyl or cyclic N) is 1. The molecule has 4 rings (SSSR count). The van der Waals surface area contributed by atoms with Gasteiger partial charge in [0, 0.05) is 18.7 Å². The van der Waals surface area contributed by atoms with Gasteiger partial charge in [-0.3, -0.25) is 4.90 Å². The number of hydrogen-bond acceptors (Lipinski definition) is 7. The van der Waals surface area contributed by atoms with Crippen LogP contribution in [0.2, 0.25) is 0 Å². The summed E-state index contributed by atoms with van der Waals surface area (Å²) in [6.07, 6.45) is 0.153. The second kappa shape index (κ2) is 8.00. The molecule has 1 N–H and O–H groups in total. The van der Waals surface area contributed by atoms with Gasteiger partial charge in [-0.1, -0.05) is 17.3 Å². The van der Waals surface area contributed by atoms with Gasteiger partial charge in [-0.2, -0.15) is 4.98 Å². The molecule has 1 saturated heterocycles. The summed E-state index contributed by atoms with van der Waals surface area (Å²) in [5.74, 6) is 2.65. The van der Waals surface area contributed by atoms with Crippen LogP contribution in [0.5, 0.6) is 11.5 Å². The van der Waals surface area contributed by atoms with E-state index in [0.29, 0.717) is 31.2 Å². The number of benzene rings is 2. The highest BCUT2D eigenvalue weighted by Gasteiger charge is 2.35. The van der Waals surface area contributed by atoms with Crippen LogP contribution in [0.25, 0.3) is 11.4 Å². The van der Waals surface area contributed by atoms with E-state index < -0.39 is 6.10 Å². The molecule has 1 aromatic heterocycles. The van der Waals surface area contributed by atoms with Crippen molar-refractivity contribution in [3.05, 3.63) is 60.0 Å². The Bertz CT molecular complexity index is 908. The molecule has 0 radical (unpaired) electrons. The number of aromatic nitrogens is 2. The van der Waals surface area contributed by atoms with E-state index in [0.717, 1.165) is 22.6 Å². The predicted octanol–water partition coefficient (Wildman–Crippen LogP) is 3.06. The minimum atomic E-state index is -0.417. The highest BCUT2D eigenvalue weighted by molar-refractivity contribution is 5.55. The third kappa shape index (κ3) is 3.85. The summed E-state index contributed by atoms with van der Waals surface area (Å²) in [5.41, 5.74) is 1.99. The maximum Gasteiger partial charge on any atom is 0.244 e. The first-order valence-corrected chi connectivity index (χ1v) is 9.19. The molecule has 28 heavy (non-hydrogen) atoms. The fourth-order valence-corrected chi connectivity index (χ4v) is 3.50. The highest BCUT2D eigenvalue weighted by Crippen LogP contribution is 2.34. The first kappa shape index (κ1) is 18.5. The van der Waals surface area contributed by atoms with E-state index in [4.69, 9.17) is 14.0 Å². The van der Waals surface area contributed by atoms with Crippen LogP contribution in [-0.4, -0.2) is 47.0 Å². The molecule has 7 heteroatoms. The zero-order valence-corrected chi connectivity index (χ0v) is 15.9. The number of methoxy groups -OCH3 is 2. The van der Waals surface area contributed by atoms with Crippen LogP contribution in [0.4, 0.5) is 0 Å². The number of likely N-dealkylation sites (tertiary alicyclic amines) is 1. The van der Waals surface area contributed by atoms with Gasteiger partial charge in [0.15, 0.2) is 0 Å². The molecular formula is C21H23N3O4. The molecule has 0 amide bonds. The second-order valence-electron chi connectivity index (χ2n) is 6.87. The summed E-state index contributed by atoms with van der Waals surface area (Å²) in [5, 5.41) is 14.3. The van der Waals surface area contributed by atoms with E-state index in [2.05, 4.69) is 15.0 Å². The van der Waals surface area contributed by atoms with Crippen molar-refractivity contribution in [2.45, 2.75) is 25.1 Å². The molecule has 2 heterocycles. The monoisotopic (exact) mass is 381 g/mol. The van der Waals surface area contributed by atoms with Crippen LogP contribution < -0.4 is 9.47 Å². The van der Waals surface area contributed by atoms with Crippen LogP contribution >= 0.6 is 0 Å². The van der Waals surface area contributed by atoms with E-state index in [-0.39, 0.29) is 6.04 Å². The van der Waals surface area contributed by atoms with Gasteiger partial charge in [0.05, 0.1) is 26.4 Å². The van der Waals surface area contributed by atoms with Crippen molar-refractivity contribution in [2.75, 3.05) is 20.8 Å². The predicted molar refractivity (Wildman–Crippen MR) is 103 cm³/mol. The molecule has 2 atom stereocenters. The van der Waals surface area contributed by atoms with Crippen molar-refractivity contribution in [1.82, 2.24) is 15.0 Å². The minimum absolute atomic E-state index is 0.114. The lowest BCUT2D eigenvalue weighted by atomic mass is 10.1. The van der Waals surface area contributed by atoms with Gasteiger partial charge < -0.3 is 19.1 Å². The van der Waals surface area contributed by atoms with Gasteiger partial charge in [-0.05, 0) is 48.4 Å². The summed E-state index contributed by atoms with van der Waals surface area (Å²) >= 11 is 0. The Balaban J connectivity index is 1.52. The Labute approximate surface area is 163 Å². The van der Waals surface area contributed by atoms with Gasteiger partial charge in [-0.25, -0.2) is 0 Å². The first-order chi connectivity index (χ1) is 13.7. The molecule has 0 aliphatic carbocycles. The molecule has 0 spiro atoms.